The van der Waals surface area contributed by atoms with Crippen LogP contribution in [-0.4, -0.2) is 40.4 Å². The highest BCUT2D eigenvalue weighted by molar-refractivity contribution is 7.80. The van der Waals surface area contributed by atoms with E-state index in [4.69, 9.17) is 22.4 Å². The summed E-state index contributed by atoms with van der Waals surface area (Å²) in [5.74, 6) is -2.32. The Labute approximate surface area is 99.0 Å². The van der Waals surface area contributed by atoms with Gasteiger partial charge in [-0.1, -0.05) is 0 Å². The number of hydrogen-bond acceptors (Lipinski definition) is 3. The van der Waals surface area contributed by atoms with Crippen LogP contribution in [0.25, 0.3) is 0 Å². The van der Waals surface area contributed by atoms with E-state index < -0.39 is 23.8 Å². The van der Waals surface area contributed by atoms with Gasteiger partial charge in [0.2, 0.25) is 0 Å². The van der Waals surface area contributed by atoms with Crippen LogP contribution >= 0.6 is 12.2 Å². The molecule has 0 saturated carbocycles. The molecule has 0 spiro atoms. The number of hydrogen-bond donors (Lipinski definition) is 4. The van der Waals surface area contributed by atoms with Gasteiger partial charge in [0.25, 0.3) is 0 Å². The Morgan fingerprint density at radius 3 is 2.25 bits per heavy atom. The van der Waals surface area contributed by atoms with Crippen LogP contribution in [0.4, 0.5) is 0 Å². The van der Waals surface area contributed by atoms with Gasteiger partial charge in [0.05, 0.1) is 11.8 Å². The fraction of sp³-hybridized carbons (Fsp3) is 0.667. The molecule has 0 amide bonds. The van der Waals surface area contributed by atoms with Crippen molar-refractivity contribution in [2.24, 2.45) is 5.41 Å². The van der Waals surface area contributed by atoms with E-state index >= 15 is 0 Å². The van der Waals surface area contributed by atoms with Crippen LogP contribution in [0.3, 0.4) is 0 Å². The molecule has 0 heterocycles. The minimum absolute atomic E-state index is 0.0273. The highest BCUT2D eigenvalue weighted by Crippen LogP contribution is 2.20. The molecule has 0 saturated heterocycles. The van der Waals surface area contributed by atoms with Crippen LogP contribution < -0.4 is 10.6 Å². The lowest BCUT2D eigenvalue weighted by molar-refractivity contribution is -0.154. The first-order chi connectivity index (χ1) is 7.31. The van der Waals surface area contributed by atoms with E-state index in [-0.39, 0.29) is 6.54 Å². The molecule has 16 heavy (non-hydrogen) atoms. The zero-order valence-corrected chi connectivity index (χ0v) is 10.1. The summed E-state index contributed by atoms with van der Waals surface area (Å²) < 4.78 is 0. The van der Waals surface area contributed by atoms with Crippen LogP contribution in [0, 0.1) is 5.41 Å². The standard InChI is InChI=1S/C9H16N2O4S/c1-3-10-8(16)11-5-9(2,7(14)15)4-6(12)13/h3-5H2,1-2H3,(H,12,13)(H,14,15)(H2,10,11,16). The van der Waals surface area contributed by atoms with Crippen molar-refractivity contribution in [1.29, 1.82) is 0 Å². The van der Waals surface area contributed by atoms with Gasteiger partial charge in [-0.25, -0.2) is 0 Å². The molecular formula is C9H16N2O4S. The molecule has 0 aliphatic heterocycles. The summed E-state index contributed by atoms with van der Waals surface area (Å²) in [5, 5.41) is 23.4. The van der Waals surface area contributed by atoms with E-state index in [2.05, 4.69) is 10.6 Å². The second-order valence-electron chi connectivity index (χ2n) is 3.65. The number of carboxylic acids is 2. The zero-order valence-electron chi connectivity index (χ0n) is 9.24. The topological polar surface area (TPSA) is 98.7 Å². The first kappa shape index (κ1) is 14.6. The van der Waals surface area contributed by atoms with Crippen molar-refractivity contribution in [3.63, 3.8) is 0 Å². The van der Waals surface area contributed by atoms with Crippen LogP contribution in [-0.2, 0) is 9.59 Å². The number of nitrogens with one attached hydrogen (secondary N) is 2. The van der Waals surface area contributed by atoms with Crippen LogP contribution in [0.5, 0.6) is 0 Å². The zero-order chi connectivity index (χ0) is 12.8. The lowest BCUT2D eigenvalue weighted by atomic mass is 9.87. The lowest BCUT2D eigenvalue weighted by Gasteiger charge is -2.23. The van der Waals surface area contributed by atoms with Gasteiger partial charge in [-0.3, -0.25) is 9.59 Å². The Balaban J connectivity index is 4.39. The van der Waals surface area contributed by atoms with Crippen molar-refractivity contribution in [1.82, 2.24) is 10.6 Å². The third-order valence-corrected chi connectivity index (χ3v) is 2.32. The van der Waals surface area contributed by atoms with Gasteiger partial charge in [0.1, 0.15) is 0 Å². The minimum atomic E-state index is -1.37. The van der Waals surface area contributed by atoms with E-state index in [0.29, 0.717) is 11.7 Å². The Bertz CT molecular complexity index is 295. The predicted molar refractivity (Wildman–Crippen MR) is 62.3 cm³/mol. The number of carbonyl (C=O) groups is 2. The fourth-order valence-corrected chi connectivity index (χ4v) is 1.26. The van der Waals surface area contributed by atoms with Gasteiger partial charge in [0.15, 0.2) is 5.11 Å². The van der Waals surface area contributed by atoms with Gasteiger partial charge < -0.3 is 20.8 Å². The van der Waals surface area contributed by atoms with E-state index in [1.165, 1.54) is 6.92 Å². The molecule has 7 heteroatoms. The normalized spacial score (nSPS) is 13.6. The summed E-state index contributed by atoms with van der Waals surface area (Å²) in [6.07, 6.45) is -0.454. The summed E-state index contributed by atoms with van der Waals surface area (Å²) in [6.45, 7) is 3.81. The summed E-state index contributed by atoms with van der Waals surface area (Å²) in [6, 6.07) is 0. The van der Waals surface area contributed by atoms with Crippen molar-refractivity contribution in [3.8, 4) is 0 Å². The smallest absolute Gasteiger partial charge is 0.311 e. The molecule has 0 bridgehead atoms. The van der Waals surface area contributed by atoms with Crippen LogP contribution in [0.1, 0.15) is 20.3 Å². The molecule has 92 valence electrons. The predicted octanol–water partition coefficient (Wildman–Crippen LogP) is 0.0360. The molecule has 1 atom stereocenters. The average molecular weight is 248 g/mol. The van der Waals surface area contributed by atoms with Gasteiger partial charge in [0, 0.05) is 13.1 Å². The summed E-state index contributed by atoms with van der Waals surface area (Å²) in [5.41, 5.74) is -1.37. The monoisotopic (exact) mass is 248 g/mol. The average Bonchev–Trinajstić information content (AvgIpc) is 2.14. The maximum atomic E-state index is 11.0. The summed E-state index contributed by atoms with van der Waals surface area (Å²) in [7, 11) is 0. The Morgan fingerprint density at radius 1 is 1.31 bits per heavy atom. The third kappa shape index (κ3) is 4.92. The maximum Gasteiger partial charge on any atom is 0.311 e. The van der Waals surface area contributed by atoms with E-state index in [9.17, 15) is 9.59 Å². The highest BCUT2D eigenvalue weighted by Gasteiger charge is 2.35. The van der Waals surface area contributed by atoms with E-state index in [1.807, 2.05) is 6.92 Å². The number of aliphatic carboxylic acids is 2. The molecule has 1 unspecified atom stereocenters. The molecule has 0 aliphatic carbocycles. The van der Waals surface area contributed by atoms with Crippen LogP contribution in [0.2, 0.25) is 0 Å². The number of thiocarbonyl (C=S) groups is 1. The van der Waals surface area contributed by atoms with Gasteiger partial charge in [-0.05, 0) is 26.1 Å². The van der Waals surface area contributed by atoms with Gasteiger partial charge in [-0.2, -0.15) is 0 Å². The molecule has 0 aromatic rings. The van der Waals surface area contributed by atoms with Gasteiger partial charge in [-0.15, -0.1) is 0 Å². The van der Waals surface area contributed by atoms with Crippen molar-refractivity contribution in [3.05, 3.63) is 0 Å². The Kier molecular flexibility index (Phi) is 5.73. The molecule has 0 rings (SSSR count). The van der Waals surface area contributed by atoms with E-state index in [1.54, 1.807) is 0 Å². The molecule has 0 aromatic carbocycles. The summed E-state index contributed by atoms with van der Waals surface area (Å²) in [4.78, 5) is 21.5. The molecule has 0 radical (unpaired) electrons. The second-order valence-corrected chi connectivity index (χ2v) is 4.06. The van der Waals surface area contributed by atoms with Crippen LogP contribution in [0.15, 0.2) is 0 Å². The number of carboxylic acid groups (broad SMARTS) is 2. The second kappa shape index (κ2) is 6.26. The molecule has 0 fully saturated rings. The maximum absolute atomic E-state index is 11.0. The van der Waals surface area contributed by atoms with Crippen molar-refractivity contribution in [2.45, 2.75) is 20.3 Å². The molecule has 6 nitrogen and oxygen atoms in total. The Hall–Kier alpha value is -1.37. The first-order valence-electron chi connectivity index (χ1n) is 4.78. The van der Waals surface area contributed by atoms with Crippen molar-refractivity contribution < 1.29 is 19.8 Å². The fourth-order valence-electron chi connectivity index (χ4n) is 1.05. The third-order valence-electron chi connectivity index (χ3n) is 2.03. The quantitative estimate of drug-likeness (QED) is 0.492. The molecule has 0 aromatic heterocycles. The Morgan fingerprint density at radius 2 is 1.88 bits per heavy atom. The minimum Gasteiger partial charge on any atom is -0.481 e. The van der Waals surface area contributed by atoms with Crippen molar-refractivity contribution in [2.75, 3.05) is 13.1 Å². The molecule has 0 aliphatic rings. The number of rotatable bonds is 6. The van der Waals surface area contributed by atoms with E-state index in [0.717, 1.165) is 0 Å². The van der Waals surface area contributed by atoms with Gasteiger partial charge >= 0.3 is 11.9 Å². The summed E-state index contributed by atoms with van der Waals surface area (Å²) >= 11 is 4.86. The molecule has 4 N–H and O–H groups in total. The molecular weight excluding hydrogens is 232 g/mol. The first-order valence-corrected chi connectivity index (χ1v) is 5.19. The lowest BCUT2D eigenvalue weighted by Crippen LogP contribution is -2.45. The largest absolute Gasteiger partial charge is 0.481 e. The van der Waals surface area contributed by atoms with Crippen molar-refractivity contribution >= 4 is 29.3 Å². The highest BCUT2D eigenvalue weighted by atomic mass is 32.1. The SMILES string of the molecule is CCNC(=S)NCC(C)(CC(=O)O)C(=O)O.